The highest BCUT2D eigenvalue weighted by atomic mass is 16.5. The molecule has 2 aromatic rings. The summed E-state index contributed by atoms with van der Waals surface area (Å²) in [4.78, 5) is 35.1. The van der Waals surface area contributed by atoms with Crippen molar-refractivity contribution in [3.63, 3.8) is 0 Å². The second-order valence-corrected chi connectivity index (χ2v) is 6.66. The van der Waals surface area contributed by atoms with E-state index in [1.165, 1.54) is 6.07 Å². The average Bonchev–Trinajstić information content (AvgIpc) is 3.21. The Kier molecular flexibility index (Phi) is 6.69. The molecule has 146 valence electrons. The number of carboxylic acids is 1. The molecule has 1 atom stereocenters. The molecule has 0 bridgehead atoms. The van der Waals surface area contributed by atoms with E-state index in [0.717, 1.165) is 5.56 Å². The number of aliphatic carboxylic acids is 1. The Morgan fingerprint density at radius 3 is 2.67 bits per heavy atom. The van der Waals surface area contributed by atoms with E-state index < -0.39 is 23.8 Å². The Hall–Kier alpha value is -3.17. The van der Waals surface area contributed by atoms with Gasteiger partial charge in [0.1, 0.15) is 12.6 Å². The van der Waals surface area contributed by atoms with E-state index in [0.29, 0.717) is 18.7 Å². The number of rotatable bonds is 9. The monoisotopic (exact) mass is 377 g/mol. The maximum Gasteiger partial charge on any atom is 0.326 e. The van der Waals surface area contributed by atoms with Gasteiger partial charge in [0.05, 0.1) is 12.7 Å². The van der Waals surface area contributed by atoms with Gasteiger partial charge in [-0.15, -0.1) is 0 Å². The predicted octanol–water partition coefficient (Wildman–Crippen LogP) is 0.573. The number of hydrogen-bond donors (Lipinski definition) is 3. The molecule has 2 rings (SSSR count). The van der Waals surface area contributed by atoms with Crippen molar-refractivity contribution in [2.24, 2.45) is 5.92 Å². The number of carboxylic acid groups (broad SMARTS) is 1. The Morgan fingerprint density at radius 2 is 2.07 bits per heavy atom. The molecule has 0 aromatic carbocycles. The standard InChI is InChI=1S/C17H23N5O5/c1-10(2)4-14(17(25)26)20-15(23)7-18-16(24)13-5-12(27-21-13)9-22-8-11(3)6-19-22/h5-6,8,10,14H,4,7,9H2,1-3H3,(H,18,24)(H,20,23)(H,25,26)/t14-/m0/s1. The summed E-state index contributed by atoms with van der Waals surface area (Å²) in [5.74, 6) is -1.75. The quantitative estimate of drug-likeness (QED) is 0.580. The maximum absolute atomic E-state index is 12.1. The van der Waals surface area contributed by atoms with Gasteiger partial charge in [-0.25, -0.2) is 4.79 Å². The summed E-state index contributed by atoms with van der Waals surface area (Å²) in [7, 11) is 0. The van der Waals surface area contributed by atoms with Crippen molar-refractivity contribution >= 4 is 17.8 Å². The third-order valence-corrected chi connectivity index (χ3v) is 3.62. The van der Waals surface area contributed by atoms with E-state index in [1.807, 2.05) is 27.0 Å². The highest BCUT2D eigenvalue weighted by molar-refractivity contribution is 5.95. The largest absolute Gasteiger partial charge is 0.480 e. The van der Waals surface area contributed by atoms with Crippen molar-refractivity contribution in [1.29, 1.82) is 0 Å². The zero-order valence-corrected chi connectivity index (χ0v) is 15.4. The van der Waals surface area contributed by atoms with Crippen LogP contribution in [0.25, 0.3) is 0 Å². The minimum Gasteiger partial charge on any atom is -0.480 e. The lowest BCUT2D eigenvalue weighted by atomic mass is 10.0. The zero-order chi connectivity index (χ0) is 20.0. The van der Waals surface area contributed by atoms with E-state index in [-0.39, 0.29) is 18.2 Å². The molecule has 27 heavy (non-hydrogen) atoms. The van der Waals surface area contributed by atoms with Crippen molar-refractivity contribution in [2.75, 3.05) is 6.54 Å². The number of amides is 2. The fourth-order valence-electron chi connectivity index (χ4n) is 2.40. The number of aryl methyl sites for hydroxylation is 1. The SMILES string of the molecule is Cc1cnn(Cc2cc(C(=O)NCC(=O)N[C@@H](CC(C)C)C(=O)O)no2)c1. The van der Waals surface area contributed by atoms with Crippen LogP contribution in [0.4, 0.5) is 0 Å². The molecule has 3 N–H and O–H groups in total. The maximum atomic E-state index is 12.1. The van der Waals surface area contributed by atoms with Gasteiger partial charge in [-0.2, -0.15) is 5.10 Å². The molecule has 10 nitrogen and oxygen atoms in total. The van der Waals surface area contributed by atoms with Crippen molar-refractivity contribution in [1.82, 2.24) is 25.6 Å². The average molecular weight is 377 g/mol. The Labute approximate surface area is 155 Å². The molecule has 0 fully saturated rings. The van der Waals surface area contributed by atoms with Crippen LogP contribution in [0.15, 0.2) is 23.0 Å². The van der Waals surface area contributed by atoms with Gasteiger partial charge in [0.15, 0.2) is 11.5 Å². The number of carbonyl (C=O) groups is 3. The number of nitrogens with zero attached hydrogens (tertiary/aromatic N) is 3. The fourth-order valence-corrected chi connectivity index (χ4v) is 2.40. The molecule has 0 saturated heterocycles. The third kappa shape index (κ3) is 6.24. The van der Waals surface area contributed by atoms with Gasteiger partial charge in [0, 0.05) is 12.3 Å². The number of aromatic nitrogens is 3. The van der Waals surface area contributed by atoms with Crippen molar-refractivity contribution < 1.29 is 24.0 Å². The first-order chi connectivity index (χ1) is 12.7. The number of hydrogen-bond acceptors (Lipinski definition) is 6. The molecular weight excluding hydrogens is 354 g/mol. The molecule has 0 aliphatic rings. The topological polar surface area (TPSA) is 139 Å². The summed E-state index contributed by atoms with van der Waals surface area (Å²) in [5, 5.41) is 21.7. The number of carbonyl (C=O) groups excluding carboxylic acids is 2. The smallest absolute Gasteiger partial charge is 0.326 e. The molecule has 0 aliphatic carbocycles. The summed E-state index contributed by atoms with van der Waals surface area (Å²) in [6.45, 7) is 5.59. The summed E-state index contributed by atoms with van der Waals surface area (Å²) in [5.41, 5.74) is 1.02. The molecule has 0 radical (unpaired) electrons. The second kappa shape index (κ2) is 8.97. The lowest BCUT2D eigenvalue weighted by Gasteiger charge is -2.16. The normalized spacial score (nSPS) is 12.0. The molecule has 0 aliphatic heterocycles. The Morgan fingerprint density at radius 1 is 1.33 bits per heavy atom. The lowest BCUT2D eigenvalue weighted by molar-refractivity contribution is -0.142. The van der Waals surface area contributed by atoms with Gasteiger partial charge in [-0.05, 0) is 24.8 Å². The minimum absolute atomic E-state index is 0.0265. The lowest BCUT2D eigenvalue weighted by Crippen LogP contribution is -2.46. The molecule has 0 spiro atoms. The first-order valence-electron chi connectivity index (χ1n) is 8.49. The van der Waals surface area contributed by atoms with Crippen LogP contribution >= 0.6 is 0 Å². The first-order valence-corrected chi connectivity index (χ1v) is 8.49. The van der Waals surface area contributed by atoms with Crippen LogP contribution in [0.1, 0.15) is 42.1 Å². The van der Waals surface area contributed by atoms with Crippen molar-refractivity contribution in [2.45, 2.75) is 39.8 Å². The van der Waals surface area contributed by atoms with Crippen LogP contribution in [-0.2, 0) is 16.1 Å². The summed E-state index contributed by atoms with van der Waals surface area (Å²) >= 11 is 0. The Bertz CT molecular complexity index is 810. The molecule has 10 heteroatoms. The summed E-state index contributed by atoms with van der Waals surface area (Å²) < 4.78 is 6.74. The van der Waals surface area contributed by atoms with Crippen LogP contribution in [0.3, 0.4) is 0 Å². The van der Waals surface area contributed by atoms with Gasteiger partial charge >= 0.3 is 5.97 Å². The van der Waals surface area contributed by atoms with E-state index >= 15 is 0 Å². The molecule has 0 saturated carbocycles. The van der Waals surface area contributed by atoms with E-state index in [2.05, 4.69) is 20.9 Å². The van der Waals surface area contributed by atoms with Crippen LogP contribution in [0.5, 0.6) is 0 Å². The van der Waals surface area contributed by atoms with E-state index in [4.69, 9.17) is 9.63 Å². The molecule has 2 heterocycles. The van der Waals surface area contributed by atoms with Gasteiger partial charge in [-0.3, -0.25) is 14.3 Å². The number of nitrogens with one attached hydrogen (secondary N) is 2. The van der Waals surface area contributed by atoms with Crippen molar-refractivity contribution in [3.8, 4) is 0 Å². The minimum atomic E-state index is -1.11. The van der Waals surface area contributed by atoms with Crippen molar-refractivity contribution in [3.05, 3.63) is 35.5 Å². The predicted molar refractivity (Wildman–Crippen MR) is 93.9 cm³/mol. The van der Waals surface area contributed by atoms with E-state index in [9.17, 15) is 14.4 Å². The third-order valence-electron chi connectivity index (χ3n) is 3.62. The molecule has 2 amide bonds. The van der Waals surface area contributed by atoms with Gasteiger partial charge in [0.2, 0.25) is 5.91 Å². The van der Waals surface area contributed by atoms with Gasteiger partial charge in [-0.1, -0.05) is 19.0 Å². The van der Waals surface area contributed by atoms with Crippen LogP contribution in [0.2, 0.25) is 0 Å². The highest BCUT2D eigenvalue weighted by Gasteiger charge is 2.21. The van der Waals surface area contributed by atoms with E-state index in [1.54, 1.807) is 10.9 Å². The zero-order valence-electron chi connectivity index (χ0n) is 15.4. The summed E-state index contributed by atoms with van der Waals surface area (Å²) in [6.07, 6.45) is 3.82. The van der Waals surface area contributed by atoms with Crippen LogP contribution in [-0.4, -0.2) is 50.4 Å². The molecule has 0 unspecified atom stereocenters. The summed E-state index contributed by atoms with van der Waals surface area (Å²) in [6, 6.07) is 0.467. The fraction of sp³-hybridized carbons (Fsp3) is 0.471. The van der Waals surface area contributed by atoms with Gasteiger partial charge < -0.3 is 20.3 Å². The second-order valence-electron chi connectivity index (χ2n) is 6.66. The van der Waals surface area contributed by atoms with Crippen LogP contribution in [0, 0.1) is 12.8 Å². The molecule has 2 aromatic heterocycles. The Balaban J connectivity index is 1.84. The van der Waals surface area contributed by atoms with Gasteiger partial charge in [0.25, 0.3) is 5.91 Å². The molecular formula is C17H23N5O5. The first kappa shape index (κ1) is 20.1. The van der Waals surface area contributed by atoms with Crippen LogP contribution < -0.4 is 10.6 Å². The highest BCUT2D eigenvalue weighted by Crippen LogP contribution is 2.07.